The Morgan fingerprint density at radius 3 is 2.67 bits per heavy atom. The van der Waals surface area contributed by atoms with Crippen LogP contribution in [0.25, 0.3) is 0 Å². The van der Waals surface area contributed by atoms with E-state index in [2.05, 4.69) is 4.72 Å². The van der Waals surface area contributed by atoms with Crippen molar-refractivity contribution in [3.63, 3.8) is 0 Å². The van der Waals surface area contributed by atoms with Crippen molar-refractivity contribution >= 4 is 27.8 Å². The summed E-state index contributed by atoms with van der Waals surface area (Å²) in [4.78, 5) is 33.1. The summed E-state index contributed by atoms with van der Waals surface area (Å²) >= 11 is 0. The first-order chi connectivity index (χ1) is 9.79. The Bertz CT molecular complexity index is 712. The van der Waals surface area contributed by atoms with E-state index in [9.17, 15) is 22.8 Å². The second-order valence-electron chi connectivity index (χ2n) is 4.46. The van der Waals surface area contributed by atoms with Crippen molar-refractivity contribution in [1.29, 1.82) is 0 Å². The van der Waals surface area contributed by atoms with Crippen molar-refractivity contribution in [2.45, 2.75) is 23.8 Å². The van der Waals surface area contributed by atoms with E-state index >= 15 is 0 Å². The number of carboxylic acids is 1. The molecule has 1 aromatic carbocycles. The molecule has 9 heteroatoms. The summed E-state index contributed by atoms with van der Waals surface area (Å²) in [7, 11) is -4.05. The topological polar surface area (TPSA) is 130 Å². The first-order valence-electron chi connectivity index (χ1n) is 5.99. The standard InChI is InChI=1S/C12H12N2O6S/c15-10-5-4-9(11(16)13-10)14-21(19,20)8-3-1-2-7(6-8)12(17)18/h1-3,6,9,14H,4-5H2,(H,17,18)(H,13,15,16). The van der Waals surface area contributed by atoms with Gasteiger partial charge in [-0.15, -0.1) is 0 Å². The van der Waals surface area contributed by atoms with Crippen LogP contribution < -0.4 is 10.0 Å². The number of carbonyl (C=O) groups is 3. The Kier molecular flexibility index (Phi) is 4.05. The Hall–Kier alpha value is -2.26. The third-order valence-corrected chi connectivity index (χ3v) is 4.40. The number of carboxylic acid groups (broad SMARTS) is 1. The van der Waals surface area contributed by atoms with Gasteiger partial charge >= 0.3 is 5.97 Å². The molecule has 1 saturated heterocycles. The van der Waals surface area contributed by atoms with E-state index in [1.165, 1.54) is 18.2 Å². The van der Waals surface area contributed by atoms with E-state index in [1.807, 2.05) is 5.32 Å². The molecule has 1 aliphatic rings. The molecule has 2 amide bonds. The lowest BCUT2D eigenvalue weighted by atomic mass is 10.1. The second kappa shape index (κ2) is 5.62. The number of aromatic carboxylic acids is 1. The fraction of sp³-hybridized carbons (Fsp3) is 0.250. The number of carbonyl (C=O) groups excluding carboxylic acids is 2. The maximum Gasteiger partial charge on any atom is 0.335 e. The summed E-state index contributed by atoms with van der Waals surface area (Å²) in [6.45, 7) is 0. The quantitative estimate of drug-likeness (QED) is 0.641. The largest absolute Gasteiger partial charge is 0.478 e. The molecule has 1 aromatic rings. The van der Waals surface area contributed by atoms with Gasteiger partial charge in [0.1, 0.15) is 6.04 Å². The Morgan fingerprint density at radius 2 is 2.05 bits per heavy atom. The molecule has 0 aliphatic carbocycles. The van der Waals surface area contributed by atoms with Gasteiger partial charge in [0.25, 0.3) is 0 Å². The minimum absolute atomic E-state index is 0.0358. The van der Waals surface area contributed by atoms with Crippen LogP contribution in [0.15, 0.2) is 29.2 Å². The van der Waals surface area contributed by atoms with Gasteiger partial charge in [-0.25, -0.2) is 13.2 Å². The van der Waals surface area contributed by atoms with Gasteiger partial charge in [-0.05, 0) is 24.6 Å². The van der Waals surface area contributed by atoms with Crippen LogP contribution in [0.5, 0.6) is 0 Å². The van der Waals surface area contributed by atoms with Crippen LogP contribution in [0.3, 0.4) is 0 Å². The Balaban J connectivity index is 2.22. The van der Waals surface area contributed by atoms with Crippen LogP contribution in [0.4, 0.5) is 0 Å². The zero-order valence-corrected chi connectivity index (χ0v) is 11.5. The molecule has 21 heavy (non-hydrogen) atoms. The van der Waals surface area contributed by atoms with E-state index in [0.29, 0.717) is 0 Å². The van der Waals surface area contributed by atoms with Gasteiger partial charge < -0.3 is 5.11 Å². The maximum atomic E-state index is 12.1. The second-order valence-corrected chi connectivity index (χ2v) is 6.17. The highest BCUT2D eigenvalue weighted by molar-refractivity contribution is 7.89. The first-order valence-corrected chi connectivity index (χ1v) is 7.47. The van der Waals surface area contributed by atoms with Gasteiger partial charge in [0.2, 0.25) is 21.8 Å². The fourth-order valence-corrected chi connectivity index (χ4v) is 3.13. The SMILES string of the molecule is O=C1CCC(NS(=O)(=O)c2cccc(C(=O)O)c2)C(=O)N1. The van der Waals surface area contributed by atoms with Crippen molar-refractivity contribution in [2.75, 3.05) is 0 Å². The number of benzene rings is 1. The third kappa shape index (κ3) is 3.44. The van der Waals surface area contributed by atoms with Crippen LogP contribution in [-0.4, -0.2) is 37.3 Å². The molecule has 1 atom stereocenters. The minimum atomic E-state index is -4.05. The average Bonchev–Trinajstić information content (AvgIpc) is 2.42. The Labute approximate surface area is 120 Å². The van der Waals surface area contributed by atoms with Crippen molar-refractivity contribution in [2.24, 2.45) is 0 Å². The van der Waals surface area contributed by atoms with Gasteiger partial charge in [-0.1, -0.05) is 6.07 Å². The van der Waals surface area contributed by atoms with Crippen LogP contribution in [0.1, 0.15) is 23.2 Å². The first kappa shape index (κ1) is 15.1. The molecule has 2 rings (SSSR count). The monoisotopic (exact) mass is 312 g/mol. The Morgan fingerprint density at radius 1 is 1.33 bits per heavy atom. The van der Waals surface area contributed by atoms with E-state index in [1.54, 1.807) is 0 Å². The molecule has 0 bridgehead atoms. The highest BCUT2D eigenvalue weighted by Crippen LogP contribution is 2.14. The summed E-state index contributed by atoms with van der Waals surface area (Å²) < 4.78 is 26.4. The van der Waals surface area contributed by atoms with E-state index in [-0.39, 0.29) is 23.3 Å². The minimum Gasteiger partial charge on any atom is -0.478 e. The molecule has 0 aromatic heterocycles. The summed E-state index contributed by atoms with van der Waals surface area (Å²) in [5.74, 6) is -2.43. The van der Waals surface area contributed by atoms with Gasteiger partial charge in [0, 0.05) is 6.42 Å². The van der Waals surface area contributed by atoms with Crippen LogP contribution in [-0.2, 0) is 19.6 Å². The third-order valence-electron chi connectivity index (χ3n) is 2.93. The highest BCUT2D eigenvalue weighted by Gasteiger charge is 2.30. The number of hydrogen-bond acceptors (Lipinski definition) is 5. The fourth-order valence-electron chi connectivity index (χ4n) is 1.86. The van der Waals surface area contributed by atoms with Crippen molar-refractivity contribution in [3.05, 3.63) is 29.8 Å². The molecule has 1 fully saturated rings. The number of nitrogens with one attached hydrogen (secondary N) is 2. The molecule has 112 valence electrons. The summed E-state index contributed by atoms with van der Waals surface area (Å²) in [5, 5.41) is 10.9. The molecule has 0 spiro atoms. The highest BCUT2D eigenvalue weighted by atomic mass is 32.2. The molecule has 8 nitrogen and oxygen atoms in total. The van der Waals surface area contributed by atoms with Crippen molar-refractivity contribution < 1.29 is 27.9 Å². The van der Waals surface area contributed by atoms with E-state index < -0.39 is 33.8 Å². The normalized spacial score (nSPS) is 19.1. The van der Waals surface area contributed by atoms with Gasteiger partial charge in [-0.3, -0.25) is 14.9 Å². The zero-order valence-electron chi connectivity index (χ0n) is 10.7. The number of hydrogen-bond donors (Lipinski definition) is 3. The zero-order chi connectivity index (χ0) is 15.6. The molecule has 0 saturated carbocycles. The van der Waals surface area contributed by atoms with E-state index in [0.717, 1.165) is 6.07 Å². The van der Waals surface area contributed by atoms with Crippen molar-refractivity contribution in [1.82, 2.24) is 10.0 Å². The van der Waals surface area contributed by atoms with Gasteiger partial charge in [0.05, 0.1) is 10.5 Å². The number of sulfonamides is 1. The molecular weight excluding hydrogens is 300 g/mol. The summed E-state index contributed by atoms with van der Waals surface area (Å²) in [6.07, 6.45) is 0.0939. The number of imide groups is 1. The lowest BCUT2D eigenvalue weighted by molar-refractivity contribution is -0.134. The van der Waals surface area contributed by atoms with Crippen LogP contribution >= 0.6 is 0 Å². The lowest BCUT2D eigenvalue weighted by Gasteiger charge is -2.21. The van der Waals surface area contributed by atoms with Crippen LogP contribution in [0.2, 0.25) is 0 Å². The van der Waals surface area contributed by atoms with Gasteiger partial charge in [0.15, 0.2) is 0 Å². The predicted molar refractivity (Wildman–Crippen MR) is 69.9 cm³/mol. The lowest BCUT2D eigenvalue weighted by Crippen LogP contribution is -2.52. The smallest absolute Gasteiger partial charge is 0.335 e. The molecule has 0 radical (unpaired) electrons. The molecule has 3 N–H and O–H groups in total. The number of rotatable bonds is 4. The molecular formula is C12H12N2O6S. The molecule has 1 unspecified atom stereocenters. The maximum absolute atomic E-state index is 12.1. The molecule has 1 aliphatic heterocycles. The van der Waals surface area contributed by atoms with Crippen LogP contribution in [0, 0.1) is 0 Å². The number of piperidine rings is 1. The summed E-state index contributed by atoms with van der Waals surface area (Å²) in [6, 6.07) is 3.72. The average molecular weight is 312 g/mol. The van der Waals surface area contributed by atoms with Gasteiger partial charge in [-0.2, -0.15) is 4.72 Å². The summed E-state index contributed by atoms with van der Waals surface area (Å²) in [5.41, 5.74) is -0.179. The van der Waals surface area contributed by atoms with E-state index in [4.69, 9.17) is 5.11 Å². The predicted octanol–water partition coefficient (Wildman–Crippen LogP) is -0.532. The van der Waals surface area contributed by atoms with Crippen molar-refractivity contribution in [3.8, 4) is 0 Å². The number of amides is 2. The molecule has 1 heterocycles.